The smallest absolute Gasteiger partial charge is 0.274 e. The van der Waals surface area contributed by atoms with Gasteiger partial charge in [0.2, 0.25) is 0 Å². The first-order valence-electron chi connectivity index (χ1n) is 8.46. The maximum absolute atomic E-state index is 12.6. The molecule has 0 saturated heterocycles. The monoisotopic (exact) mass is 357 g/mol. The molecule has 0 fully saturated rings. The standard InChI is InChI=1S/C21H19N5O/c1-13-5-4-6-18(14(13)2)26-20-11-19(23-15(3)24-20)21(27)25-17-9-7-16(12-22)8-10-17/h4-11H,1-3H3,(H,25,27)(H,23,24,26). The molecule has 0 aliphatic heterocycles. The highest BCUT2D eigenvalue weighted by Gasteiger charge is 2.12. The second kappa shape index (κ2) is 7.67. The van der Waals surface area contributed by atoms with Gasteiger partial charge < -0.3 is 10.6 Å². The van der Waals surface area contributed by atoms with Crippen LogP contribution in [0, 0.1) is 32.1 Å². The molecule has 134 valence electrons. The molecule has 2 aromatic carbocycles. The number of anilines is 3. The number of nitrogens with one attached hydrogen (secondary N) is 2. The van der Waals surface area contributed by atoms with E-state index >= 15 is 0 Å². The molecule has 1 heterocycles. The average molecular weight is 357 g/mol. The second-order valence-electron chi connectivity index (χ2n) is 6.20. The molecule has 0 aliphatic carbocycles. The summed E-state index contributed by atoms with van der Waals surface area (Å²) in [6, 6.07) is 16.3. The summed E-state index contributed by atoms with van der Waals surface area (Å²) >= 11 is 0. The molecule has 0 atom stereocenters. The van der Waals surface area contributed by atoms with Gasteiger partial charge in [-0.1, -0.05) is 12.1 Å². The minimum absolute atomic E-state index is 0.264. The van der Waals surface area contributed by atoms with E-state index in [1.54, 1.807) is 37.3 Å². The van der Waals surface area contributed by atoms with Crippen molar-refractivity contribution in [1.29, 1.82) is 5.26 Å². The Labute approximate surface area is 157 Å². The number of benzene rings is 2. The summed E-state index contributed by atoms with van der Waals surface area (Å²) in [6.45, 7) is 5.82. The molecule has 1 aromatic heterocycles. The molecule has 3 rings (SSSR count). The number of carbonyl (C=O) groups is 1. The highest BCUT2D eigenvalue weighted by atomic mass is 16.1. The molecule has 0 unspecified atom stereocenters. The Hall–Kier alpha value is -3.72. The van der Waals surface area contributed by atoms with E-state index in [1.165, 1.54) is 5.56 Å². The van der Waals surface area contributed by atoms with Crippen LogP contribution in [0.25, 0.3) is 0 Å². The lowest BCUT2D eigenvalue weighted by atomic mass is 10.1. The molecule has 6 nitrogen and oxygen atoms in total. The van der Waals surface area contributed by atoms with Crippen molar-refractivity contribution in [2.75, 3.05) is 10.6 Å². The van der Waals surface area contributed by atoms with Crippen molar-refractivity contribution < 1.29 is 4.79 Å². The first kappa shape index (κ1) is 18.1. The first-order chi connectivity index (χ1) is 13.0. The number of amides is 1. The largest absolute Gasteiger partial charge is 0.340 e. The van der Waals surface area contributed by atoms with Crippen molar-refractivity contribution in [2.45, 2.75) is 20.8 Å². The SMILES string of the molecule is Cc1nc(Nc2cccc(C)c2C)cc(C(=O)Nc2ccc(C#N)cc2)n1. The maximum Gasteiger partial charge on any atom is 0.274 e. The van der Waals surface area contributed by atoms with Crippen molar-refractivity contribution >= 4 is 23.1 Å². The summed E-state index contributed by atoms with van der Waals surface area (Å²) in [7, 11) is 0. The molecule has 2 N–H and O–H groups in total. The van der Waals surface area contributed by atoms with Crippen molar-refractivity contribution in [2.24, 2.45) is 0 Å². The molecule has 3 aromatic rings. The number of aromatic nitrogens is 2. The zero-order chi connectivity index (χ0) is 19.4. The Kier molecular flexibility index (Phi) is 5.13. The van der Waals surface area contributed by atoms with E-state index in [2.05, 4.69) is 20.6 Å². The van der Waals surface area contributed by atoms with Gasteiger partial charge in [0.1, 0.15) is 17.3 Å². The quantitative estimate of drug-likeness (QED) is 0.728. The van der Waals surface area contributed by atoms with E-state index in [-0.39, 0.29) is 11.6 Å². The fourth-order valence-electron chi connectivity index (χ4n) is 2.60. The number of hydrogen-bond acceptors (Lipinski definition) is 5. The number of rotatable bonds is 4. The molecule has 0 spiro atoms. The Morgan fingerprint density at radius 3 is 2.48 bits per heavy atom. The Bertz CT molecular complexity index is 1040. The molecule has 0 saturated carbocycles. The zero-order valence-corrected chi connectivity index (χ0v) is 15.4. The number of carbonyl (C=O) groups excluding carboxylic acids is 1. The summed E-state index contributed by atoms with van der Waals surface area (Å²) in [4.78, 5) is 21.2. The van der Waals surface area contributed by atoms with E-state index in [9.17, 15) is 4.79 Å². The van der Waals surface area contributed by atoms with Crippen LogP contribution in [0.1, 0.15) is 33.0 Å². The number of nitrogens with zero attached hydrogens (tertiary/aromatic N) is 3. The van der Waals surface area contributed by atoms with E-state index in [0.29, 0.717) is 22.9 Å². The number of aryl methyl sites for hydroxylation is 2. The molecule has 27 heavy (non-hydrogen) atoms. The average Bonchev–Trinajstić information content (AvgIpc) is 2.65. The Balaban J connectivity index is 1.82. The number of hydrogen-bond donors (Lipinski definition) is 2. The summed E-state index contributed by atoms with van der Waals surface area (Å²) in [6.07, 6.45) is 0. The van der Waals surface area contributed by atoms with Crippen LogP contribution < -0.4 is 10.6 Å². The van der Waals surface area contributed by atoms with Gasteiger partial charge in [0.15, 0.2) is 0 Å². The molecule has 0 aliphatic rings. The lowest BCUT2D eigenvalue weighted by Gasteiger charge is -2.12. The van der Waals surface area contributed by atoms with E-state index in [0.717, 1.165) is 11.3 Å². The minimum atomic E-state index is -0.339. The third-order valence-corrected chi connectivity index (χ3v) is 4.21. The second-order valence-corrected chi connectivity index (χ2v) is 6.20. The molecule has 0 radical (unpaired) electrons. The van der Waals surface area contributed by atoms with Crippen molar-refractivity contribution in [3.05, 3.63) is 76.7 Å². The van der Waals surface area contributed by atoms with E-state index in [4.69, 9.17) is 5.26 Å². The predicted molar refractivity (Wildman–Crippen MR) is 105 cm³/mol. The molecular weight excluding hydrogens is 338 g/mol. The van der Waals surface area contributed by atoms with Crippen molar-refractivity contribution in [1.82, 2.24) is 9.97 Å². The van der Waals surface area contributed by atoms with Crippen LogP contribution in [0.4, 0.5) is 17.2 Å². The van der Waals surface area contributed by atoms with Gasteiger partial charge in [-0.25, -0.2) is 9.97 Å². The van der Waals surface area contributed by atoms with Crippen molar-refractivity contribution in [3.63, 3.8) is 0 Å². The number of nitriles is 1. The van der Waals surface area contributed by atoms with E-state index < -0.39 is 0 Å². The van der Waals surface area contributed by atoms with Crippen LogP contribution in [0.15, 0.2) is 48.5 Å². The van der Waals surface area contributed by atoms with Crippen LogP contribution in [0.2, 0.25) is 0 Å². The van der Waals surface area contributed by atoms with Crippen molar-refractivity contribution in [3.8, 4) is 6.07 Å². The summed E-state index contributed by atoms with van der Waals surface area (Å²) in [5.41, 5.74) is 4.62. The van der Waals surface area contributed by atoms with Crippen LogP contribution in [-0.2, 0) is 0 Å². The third-order valence-electron chi connectivity index (χ3n) is 4.21. The maximum atomic E-state index is 12.6. The summed E-state index contributed by atoms with van der Waals surface area (Å²) in [5.74, 6) is 0.714. The fraction of sp³-hybridized carbons (Fsp3) is 0.143. The highest BCUT2D eigenvalue weighted by Crippen LogP contribution is 2.22. The van der Waals surface area contributed by atoms with Crippen LogP contribution in [-0.4, -0.2) is 15.9 Å². The predicted octanol–water partition coefficient (Wildman–Crippen LogP) is 4.27. The molecule has 0 bridgehead atoms. The third kappa shape index (κ3) is 4.28. The normalized spacial score (nSPS) is 10.1. The molecule has 6 heteroatoms. The van der Waals surface area contributed by atoms with Gasteiger partial charge in [-0.3, -0.25) is 4.79 Å². The molecular formula is C21H19N5O. The zero-order valence-electron chi connectivity index (χ0n) is 15.4. The van der Waals surface area contributed by atoms with Crippen LogP contribution in [0.5, 0.6) is 0 Å². The van der Waals surface area contributed by atoms with Gasteiger partial charge in [-0.2, -0.15) is 5.26 Å². The lowest BCUT2D eigenvalue weighted by molar-refractivity contribution is 0.102. The Morgan fingerprint density at radius 2 is 1.78 bits per heavy atom. The first-order valence-corrected chi connectivity index (χ1v) is 8.46. The van der Waals surface area contributed by atoms with Crippen LogP contribution >= 0.6 is 0 Å². The summed E-state index contributed by atoms with van der Waals surface area (Å²) < 4.78 is 0. The highest BCUT2D eigenvalue weighted by molar-refractivity contribution is 6.03. The van der Waals surface area contributed by atoms with Crippen LogP contribution in [0.3, 0.4) is 0 Å². The van der Waals surface area contributed by atoms with E-state index in [1.807, 2.05) is 38.1 Å². The van der Waals surface area contributed by atoms with Gasteiger partial charge in [-0.05, 0) is 62.2 Å². The fourth-order valence-corrected chi connectivity index (χ4v) is 2.60. The van der Waals surface area contributed by atoms with Gasteiger partial charge >= 0.3 is 0 Å². The van der Waals surface area contributed by atoms with Gasteiger partial charge in [0.25, 0.3) is 5.91 Å². The summed E-state index contributed by atoms with van der Waals surface area (Å²) in [5, 5.41) is 14.9. The Morgan fingerprint density at radius 1 is 1.04 bits per heavy atom. The lowest BCUT2D eigenvalue weighted by Crippen LogP contribution is -2.15. The van der Waals surface area contributed by atoms with Gasteiger partial charge in [0.05, 0.1) is 11.6 Å². The minimum Gasteiger partial charge on any atom is -0.340 e. The van der Waals surface area contributed by atoms with Gasteiger partial charge in [0, 0.05) is 17.4 Å². The molecule has 1 amide bonds. The topological polar surface area (TPSA) is 90.7 Å². The van der Waals surface area contributed by atoms with Gasteiger partial charge in [-0.15, -0.1) is 0 Å².